The number of aromatic nitrogens is 1. The van der Waals surface area contributed by atoms with Gasteiger partial charge in [0.2, 0.25) is 0 Å². The minimum atomic E-state index is -1.04. The van der Waals surface area contributed by atoms with Gasteiger partial charge in [-0.3, -0.25) is 4.98 Å². The van der Waals surface area contributed by atoms with E-state index < -0.39 is 11.9 Å². The van der Waals surface area contributed by atoms with Crippen LogP contribution < -0.4 is 0 Å². The van der Waals surface area contributed by atoms with Gasteiger partial charge in [0.05, 0.1) is 23.9 Å². The zero-order chi connectivity index (χ0) is 13.8. The average Bonchev–Trinajstić information content (AvgIpc) is 2.46. The smallest absolute Gasteiger partial charge is 0.337 e. The van der Waals surface area contributed by atoms with Gasteiger partial charge in [-0.15, -0.1) is 0 Å². The van der Waals surface area contributed by atoms with Gasteiger partial charge in [-0.25, -0.2) is 9.59 Å². The highest BCUT2D eigenvalue weighted by atomic mass is 16.5. The molecule has 1 N–H and O–H groups in total. The van der Waals surface area contributed by atoms with Crippen molar-refractivity contribution < 1.29 is 19.4 Å². The molecule has 1 aromatic carbocycles. The summed E-state index contributed by atoms with van der Waals surface area (Å²) >= 11 is 0. The molecular formula is C14H11NO4. The second-order valence-corrected chi connectivity index (χ2v) is 3.77. The molecule has 1 heterocycles. The van der Waals surface area contributed by atoms with E-state index in [-0.39, 0.29) is 5.56 Å². The van der Waals surface area contributed by atoms with Gasteiger partial charge in [0.1, 0.15) is 0 Å². The number of nitrogens with zero attached hydrogens (tertiary/aromatic N) is 1. The SMILES string of the molecule is COC(=O)c1ccc(-c2ncccc2C(=O)O)cc1. The maximum Gasteiger partial charge on any atom is 0.337 e. The Hall–Kier alpha value is -2.69. The molecule has 5 nitrogen and oxygen atoms in total. The molecule has 0 spiro atoms. The van der Waals surface area contributed by atoms with Crippen molar-refractivity contribution in [2.24, 2.45) is 0 Å². The molecule has 0 aliphatic heterocycles. The van der Waals surface area contributed by atoms with Gasteiger partial charge >= 0.3 is 11.9 Å². The van der Waals surface area contributed by atoms with Crippen molar-refractivity contribution in [1.29, 1.82) is 0 Å². The zero-order valence-electron chi connectivity index (χ0n) is 10.2. The van der Waals surface area contributed by atoms with Crippen LogP contribution in [0.25, 0.3) is 11.3 Å². The van der Waals surface area contributed by atoms with Crippen LogP contribution >= 0.6 is 0 Å². The lowest BCUT2D eigenvalue weighted by Crippen LogP contribution is -2.02. The summed E-state index contributed by atoms with van der Waals surface area (Å²) in [5, 5.41) is 9.09. The summed E-state index contributed by atoms with van der Waals surface area (Å²) in [6.45, 7) is 0. The van der Waals surface area contributed by atoms with Crippen LogP contribution in [0.4, 0.5) is 0 Å². The minimum Gasteiger partial charge on any atom is -0.478 e. The van der Waals surface area contributed by atoms with Crippen molar-refractivity contribution in [1.82, 2.24) is 4.98 Å². The van der Waals surface area contributed by atoms with Crippen LogP contribution in [0.1, 0.15) is 20.7 Å². The van der Waals surface area contributed by atoms with Crippen molar-refractivity contribution >= 4 is 11.9 Å². The Bertz CT molecular complexity index is 620. The molecule has 5 heteroatoms. The third kappa shape index (κ3) is 2.60. The van der Waals surface area contributed by atoms with Crippen LogP contribution in [0.2, 0.25) is 0 Å². The van der Waals surface area contributed by atoms with Gasteiger partial charge in [-0.2, -0.15) is 0 Å². The second-order valence-electron chi connectivity index (χ2n) is 3.77. The number of carbonyl (C=O) groups excluding carboxylic acids is 1. The molecule has 1 aromatic heterocycles. The number of hydrogen-bond donors (Lipinski definition) is 1. The topological polar surface area (TPSA) is 76.5 Å². The Kier molecular flexibility index (Phi) is 3.56. The van der Waals surface area contributed by atoms with Crippen molar-refractivity contribution in [3.63, 3.8) is 0 Å². The van der Waals surface area contributed by atoms with Crippen molar-refractivity contribution in [2.75, 3.05) is 7.11 Å². The summed E-state index contributed by atoms with van der Waals surface area (Å²) in [7, 11) is 1.30. The molecule has 96 valence electrons. The Balaban J connectivity index is 2.43. The van der Waals surface area contributed by atoms with Crippen molar-refractivity contribution in [3.8, 4) is 11.3 Å². The van der Waals surface area contributed by atoms with Crippen LogP contribution in [0.3, 0.4) is 0 Å². The number of methoxy groups -OCH3 is 1. The highest BCUT2D eigenvalue weighted by Gasteiger charge is 2.13. The van der Waals surface area contributed by atoms with E-state index in [0.717, 1.165) is 0 Å². The van der Waals surface area contributed by atoms with Gasteiger partial charge < -0.3 is 9.84 Å². The molecule has 0 unspecified atom stereocenters. The first-order valence-electron chi connectivity index (χ1n) is 5.50. The summed E-state index contributed by atoms with van der Waals surface area (Å²) in [5.74, 6) is -1.48. The molecule has 0 radical (unpaired) electrons. The number of hydrogen-bond acceptors (Lipinski definition) is 4. The van der Waals surface area contributed by atoms with Gasteiger partial charge in [-0.05, 0) is 24.3 Å². The fraction of sp³-hybridized carbons (Fsp3) is 0.0714. The molecule has 0 bridgehead atoms. The standard InChI is InChI=1S/C14H11NO4/c1-19-14(18)10-6-4-9(5-7-10)12-11(13(16)17)3-2-8-15-12/h2-8H,1H3,(H,16,17). The lowest BCUT2D eigenvalue weighted by Gasteiger charge is -2.05. The summed E-state index contributed by atoms with van der Waals surface area (Å²) in [4.78, 5) is 26.5. The normalized spacial score (nSPS) is 9.95. The predicted molar refractivity (Wildman–Crippen MR) is 68.0 cm³/mol. The summed E-state index contributed by atoms with van der Waals surface area (Å²) in [6.07, 6.45) is 1.52. The number of carboxylic acids is 1. The monoisotopic (exact) mass is 257 g/mol. The summed E-state index contributed by atoms with van der Waals surface area (Å²) in [6, 6.07) is 9.47. The lowest BCUT2D eigenvalue weighted by molar-refractivity contribution is 0.0599. The zero-order valence-corrected chi connectivity index (χ0v) is 10.2. The number of aromatic carboxylic acids is 1. The van der Waals surface area contributed by atoms with E-state index in [1.165, 1.54) is 19.4 Å². The molecule has 0 aliphatic rings. The third-order valence-electron chi connectivity index (χ3n) is 2.62. The average molecular weight is 257 g/mol. The van der Waals surface area contributed by atoms with Crippen molar-refractivity contribution in [3.05, 3.63) is 53.7 Å². The van der Waals surface area contributed by atoms with Gasteiger partial charge in [0.15, 0.2) is 0 Å². The molecule has 2 aromatic rings. The largest absolute Gasteiger partial charge is 0.478 e. The first kappa shape index (κ1) is 12.8. The number of carboxylic acid groups (broad SMARTS) is 1. The molecule has 0 fully saturated rings. The number of benzene rings is 1. The molecule has 0 atom stereocenters. The van der Waals surface area contributed by atoms with E-state index in [1.54, 1.807) is 30.3 Å². The Labute approximate surface area is 109 Å². The van der Waals surface area contributed by atoms with Crippen LogP contribution in [-0.4, -0.2) is 29.1 Å². The number of rotatable bonds is 3. The fourth-order valence-corrected chi connectivity index (χ4v) is 1.69. The number of esters is 1. The van der Waals surface area contributed by atoms with E-state index in [9.17, 15) is 9.59 Å². The Morgan fingerprint density at radius 2 is 1.84 bits per heavy atom. The van der Waals surface area contributed by atoms with E-state index >= 15 is 0 Å². The minimum absolute atomic E-state index is 0.119. The molecule has 0 saturated heterocycles. The van der Waals surface area contributed by atoms with Crippen LogP contribution in [0.15, 0.2) is 42.6 Å². The highest BCUT2D eigenvalue weighted by Crippen LogP contribution is 2.21. The summed E-state index contributed by atoms with van der Waals surface area (Å²) < 4.78 is 4.60. The van der Waals surface area contributed by atoms with E-state index in [2.05, 4.69) is 9.72 Å². The maximum absolute atomic E-state index is 11.3. The van der Waals surface area contributed by atoms with E-state index in [0.29, 0.717) is 16.8 Å². The second kappa shape index (κ2) is 5.30. The molecule has 0 amide bonds. The molecule has 0 saturated carbocycles. The van der Waals surface area contributed by atoms with E-state index in [1.807, 2.05) is 0 Å². The van der Waals surface area contributed by atoms with Crippen LogP contribution in [-0.2, 0) is 4.74 Å². The van der Waals surface area contributed by atoms with Crippen LogP contribution in [0, 0.1) is 0 Å². The Morgan fingerprint density at radius 3 is 2.42 bits per heavy atom. The number of ether oxygens (including phenoxy) is 1. The first-order chi connectivity index (χ1) is 9.13. The maximum atomic E-state index is 11.3. The quantitative estimate of drug-likeness (QED) is 0.853. The number of pyridine rings is 1. The van der Waals surface area contributed by atoms with Gasteiger partial charge in [0, 0.05) is 11.8 Å². The first-order valence-corrected chi connectivity index (χ1v) is 5.50. The molecule has 19 heavy (non-hydrogen) atoms. The molecule has 0 aliphatic carbocycles. The molecular weight excluding hydrogens is 246 g/mol. The lowest BCUT2D eigenvalue weighted by atomic mass is 10.0. The predicted octanol–water partition coefficient (Wildman–Crippen LogP) is 2.23. The van der Waals surface area contributed by atoms with Gasteiger partial charge in [0.25, 0.3) is 0 Å². The fourth-order valence-electron chi connectivity index (χ4n) is 1.69. The highest BCUT2D eigenvalue weighted by molar-refractivity contribution is 5.95. The van der Waals surface area contributed by atoms with Crippen LogP contribution in [0.5, 0.6) is 0 Å². The van der Waals surface area contributed by atoms with E-state index in [4.69, 9.17) is 5.11 Å². The molecule has 2 rings (SSSR count). The van der Waals surface area contributed by atoms with Crippen molar-refractivity contribution in [2.45, 2.75) is 0 Å². The van der Waals surface area contributed by atoms with Gasteiger partial charge in [-0.1, -0.05) is 12.1 Å². The summed E-state index contributed by atoms with van der Waals surface area (Å²) in [5.41, 5.74) is 1.52. The third-order valence-corrected chi connectivity index (χ3v) is 2.62. The number of carbonyl (C=O) groups is 2. The Morgan fingerprint density at radius 1 is 1.16 bits per heavy atom.